The van der Waals surface area contributed by atoms with Crippen LogP contribution in [0.1, 0.15) is 27.7 Å². The predicted molar refractivity (Wildman–Crippen MR) is 137 cm³/mol. The molecule has 3 aromatic rings. The largest absolute Gasteiger partial charge is 0.450 e. The van der Waals surface area contributed by atoms with Crippen LogP contribution in [-0.2, 0) is 27.6 Å². The number of anilines is 1. The fraction of sp³-hybridized carbons (Fsp3) is 0.320. The molecular weight excluding hydrogens is 500 g/mol. The minimum Gasteiger partial charge on any atom is -0.450 e. The number of aromatic nitrogens is 1. The third-order valence-electron chi connectivity index (χ3n) is 6.33. The maximum Gasteiger partial charge on any atom is 0.409 e. The summed E-state index contributed by atoms with van der Waals surface area (Å²) in [5, 5.41) is 3.38. The minimum absolute atomic E-state index is 0.102. The number of hydrogen-bond donors (Lipinski definition) is 1. The van der Waals surface area contributed by atoms with Gasteiger partial charge in [-0.05, 0) is 49.6 Å². The third kappa shape index (κ3) is 4.73. The number of rotatable bonds is 5. The lowest BCUT2D eigenvalue weighted by Gasteiger charge is -2.33. The summed E-state index contributed by atoms with van der Waals surface area (Å²) in [5.41, 5.74) is 3.62. The van der Waals surface area contributed by atoms with Crippen LogP contribution in [0.4, 0.5) is 9.93 Å². The summed E-state index contributed by atoms with van der Waals surface area (Å²) >= 11 is 1.47. The van der Waals surface area contributed by atoms with E-state index in [1.807, 2.05) is 12.1 Å². The average Bonchev–Trinajstić information content (AvgIpc) is 3.32. The zero-order chi connectivity index (χ0) is 25.3. The maximum atomic E-state index is 13.1. The predicted octanol–water partition coefficient (Wildman–Crippen LogP) is 3.62. The number of amides is 2. The van der Waals surface area contributed by atoms with Gasteiger partial charge in [0.1, 0.15) is 0 Å². The van der Waals surface area contributed by atoms with Gasteiger partial charge >= 0.3 is 6.09 Å². The van der Waals surface area contributed by atoms with Crippen molar-refractivity contribution >= 4 is 38.5 Å². The number of hydrogen-bond acceptors (Lipinski definition) is 7. The molecule has 0 radical (unpaired) electrons. The standard InChI is InChI=1S/C25H26N4O5S2/c1-2-34-25(31)28-13-15-29(16-14-28)36(32,33)19-10-7-18(8-11-19)23(30)27-24-26-22-20-6-4-3-5-17(20)9-12-21(22)35-24/h3-8,10-11H,2,9,12-16H2,1H3,(H,26,27,30). The van der Waals surface area contributed by atoms with Crippen LogP contribution in [0, 0.1) is 0 Å². The van der Waals surface area contributed by atoms with Gasteiger partial charge in [-0.3, -0.25) is 10.1 Å². The van der Waals surface area contributed by atoms with Gasteiger partial charge in [0, 0.05) is 42.2 Å². The lowest BCUT2D eigenvalue weighted by atomic mass is 9.94. The molecule has 0 atom stereocenters. The van der Waals surface area contributed by atoms with Crippen LogP contribution in [0.3, 0.4) is 0 Å². The monoisotopic (exact) mass is 526 g/mol. The number of sulfonamides is 1. The molecule has 2 heterocycles. The number of nitrogens with zero attached hydrogens (tertiary/aromatic N) is 3. The Labute approximate surface area is 213 Å². The molecule has 2 aromatic carbocycles. The van der Waals surface area contributed by atoms with E-state index in [2.05, 4.69) is 22.4 Å². The molecule has 1 aliphatic heterocycles. The molecule has 0 spiro atoms. The third-order valence-corrected chi connectivity index (χ3v) is 9.27. The molecule has 1 aromatic heterocycles. The zero-order valence-electron chi connectivity index (χ0n) is 19.8. The van der Waals surface area contributed by atoms with Crippen molar-refractivity contribution in [1.29, 1.82) is 0 Å². The molecular formula is C25H26N4O5S2. The molecule has 188 valence electrons. The highest BCUT2D eigenvalue weighted by Gasteiger charge is 2.30. The molecule has 1 aliphatic carbocycles. The Morgan fingerprint density at radius 1 is 1.03 bits per heavy atom. The van der Waals surface area contributed by atoms with E-state index in [9.17, 15) is 18.0 Å². The number of thiazole rings is 1. The number of piperazine rings is 1. The molecule has 0 unspecified atom stereocenters. The first-order chi connectivity index (χ1) is 17.4. The van der Waals surface area contributed by atoms with E-state index < -0.39 is 16.1 Å². The van der Waals surface area contributed by atoms with Gasteiger partial charge in [-0.25, -0.2) is 18.2 Å². The summed E-state index contributed by atoms with van der Waals surface area (Å²) in [7, 11) is -3.74. The number of carbonyl (C=O) groups excluding carboxylic acids is 2. The smallest absolute Gasteiger partial charge is 0.409 e. The van der Waals surface area contributed by atoms with Crippen molar-refractivity contribution in [3.05, 3.63) is 64.5 Å². The first-order valence-corrected chi connectivity index (χ1v) is 14.0. The number of aryl methyl sites for hydroxylation is 2. The van der Waals surface area contributed by atoms with Gasteiger partial charge < -0.3 is 9.64 Å². The van der Waals surface area contributed by atoms with Crippen molar-refractivity contribution in [1.82, 2.24) is 14.2 Å². The highest BCUT2D eigenvalue weighted by molar-refractivity contribution is 7.89. The van der Waals surface area contributed by atoms with Crippen molar-refractivity contribution in [2.75, 3.05) is 38.1 Å². The van der Waals surface area contributed by atoms with Crippen LogP contribution < -0.4 is 5.32 Å². The highest BCUT2D eigenvalue weighted by Crippen LogP contribution is 2.38. The van der Waals surface area contributed by atoms with Gasteiger partial charge in [-0.1, -0.05) is 24.3 Å². The van der Waals surface area contributed by atoms with E-state index in [-0.39, 0.29) is 43.6 Å². The Kier molecular flexibility index (Phi) is 6.78. The molecule has 0 bridgehead atoms. The van der Waals surface area contributed by atoms with E-state index in [4.69, 9.17) is 4.74 Å². The summed E-state index contributed by atoms with van der Waals surface area (Å²) in [5.74, 6) is -0.346. The topological polar surface area (TPSA) is 109 Å². The lowest BCUT2D eigenvalue weighted by molar-refractivity contribution is 0.0933. The number of ether oxygens (including phenoxy) is 1. The highest BCUT2D eigenvalue weighted by atomic mass is 32.2. The summed E-state index contributed by atoms with van der Waals surface area (Å²) in [6.07, 6.45) is 1.41. The quantitative estimate of drug-likeness (QED) is 0.544. The van der Waals surface area contributed by atoms with Crippen LogP contribution in [0.25, 0.3) is 11.3 Å². The summed E-state index contributed by atoms with van der Waals surface area (Å²) in [6.45, 7) is 2.90. The minimum atomic E-state index is -3.74. The first kappa shape index (κ1) is 24.4. The lowest BCUT2D eigenvalue weighted by Crippen LogP contribution is -2.50. The molecule has 9 nitrogen and oxygen atoms in total. The fourth-order valence-electron chi connectivity index (χ4n) is 4.43. The molecule has 36 heavy (non-hydrogen) atoms. The van der Waals surface area contributed by atoms with E-state index in [1.54, 1.807) is 6.92 Å². The second-order valence-corrected chi connectivity index (χ2v) is 11.5. The van der Waals surface area contributed by atoms with E-state index >= 15 is 0 Å². The van der Waals surface area contributed by atoms with Gasteiger partial charge in [0.2, 0.25) is 10.0 Å². The summed E-state index contributed by atoms with van der Waals surface area (Å²) in [4.78, 5) is 32.1. The van der Waals surface area contributed by atoms with Crippen LogP contribution in [0.5, 0.6) is 0 Å². The van der Waals surface area contributed by atoms with Gasteiger partial charge in [0.05, 0.1) is 17.2 Å². The van der Waals surface area contributed by atoms with E-state index in [0.717, 1.165) is 29.0 Å². The molecule has 0 saturated carbocycles. The molecule has 2 amide bonds. The Morgan fingerprint density at radius 3 is 2.47 bits per heavy atom. The molecule has 5 rings (SSSR count). The van der Waals surface area contributed by atoms with Crippen LogP contribution in [-0.4, -0.2) is 67.4 Å². The maximum absolute atomic E-state index is 13.1. The van der Waals surface area contributed by atoms with Crippen molar-refractivity contribution < 1.29 is 22.7 Å². The zero-order valence-corrected chi connectivity index (χ0v) is 21.4. The normalized spacial score (nSPS) is 15.6. The van der Waals surface area contributed by atoms with Gasteiger partial charge in [0.15, 0.2) is 5.13 Å². The van der Waals surface area contributed by atoms with Crippen molar-refractivity contribution in [3.8, 4) is 11.3 Å². The molecule has 1 fully saturated rings. The van der Waals surface area contributed by atoms with Crippen LogP contribution in [0.15, 0.2) is 53.4 Å². The Morgan fingerprint density at radius 2 is 1.75 bits per heavy atom. The molecule has 1 saturated heterocycles. The van der Waals surface area contributed by atoms with E-state index in [0.29, 0.717) is 10.7 Å². The van der Waals surface area contributed by atoms with Crippen LogP contribution in [0.2, 0.25) is 0 Å². The van der Waals surface area contributed by atoms with Gasteiger partial charge in [-0.2, -0.15) is 4.31 Å². The average molecular weight is 527 g/mol. The first-order valence-electron chi connectivity index (χ1n) is 11.8. The Balaban J connectivity index is 1.24. The van der Waals surface area contributed by atoms with Crippen molar-refractivity contribution in [3.63, 3.8) is 0 Å². The summed E-state index contributed by atoms with van der Waals surface area (Å²) < 4.78 is 32.4. The fourth-order valence-corrected chi connectivity index (χ4v) is 6.82. The Hall–Kier alpha value is -3.28. The second kappa shape index (κ2) is 10.00. The number of benzene rings is 2. The van der Waals surface area contributed by atoms with Crippen molar-refractivity contribution in [2.24, 2.45) is 0 Å². The van der Waals surface area contributed by atoms with E-state index in [1.165, 1.54) is 50.4 Å². The van der Waals surface area contributed by atoms with Gasteiger partial charge in [-0.15, -0.1) is 11.3 Å². The van der Waals surface area contributed by atoms with Gasteiger partial charge in [0.25, 0.3) is 5.91 Å². The number of carbonyl (C=O) groups is 2. The Bertz CT molecular complexity index is 1390. The second-order valence-electron chi connectivity index (χ2n) is 8.52. The molecule has 1 N–H and O–H groups in total. The number of fused-ring (bicyclic) bond motifs is 3. The number of nitrogens with one attached hydrogen (secondary N) is 1. The van der Waals surface area contributed by atoms with Crippen molar-refractivity contribution in [2.45, 2.75) is 24.7 Å². The molecule has 11 heteroatoms. The van der Waals surface area contributed by atoms with Crippen LogP contribution >= 0.6 is 11.3 Å². The summed E-state index contributed by atoms with van der Waals surface area (Å²) in [6, 6.07) is 14.0. The molecule has 2 aliphatic rings. The SMILES string of the molecule is CCOC(=O)N1CCN(S(=O)(=O)c2ccc(C(=O)Nc3nc4c(s3)CCc3ccccc3-4)cc2)CC1.